The first kappa shape index (κ1) is 16.2. The molecule has 0 aliphatic rings. The molecule has 0 aromatic heterocycles. The lowest BCUT2D eigenvalue weighted by Crippen LogP contribution is -2.11. The second-order valence-electron chi connectivity index (χ2n) is 5.67. The monoisotopic (exact) mass is 292 g/mol. The number of unbranched alkanes of at least 4 members (excludes halogenated alkanes) is 2. The Hall–Kier alpha value is -2.20. The maximum absolute atomic E-state index is 5.96. The van der Waals surface area contributed by atoms with Crippen LogP contribution in [0.25, 0.3) is 11.1 Å². The van der Waals surface area contributed by atoms with Crippen LogP contribution in [0.15, 0.2) is 48.5 Å². The summed E-state index contributed by atoms with van der Waals surface area (Å²) in [5.41, 5.74) is 3.25. The fraction of sp³-hybridized carbons (Fsp3) is 0.333. The van der Waals surface area contributed by atoms with Gasteiger partial charge in [0.25, 0.3) is 0 Å². The molecule has 0 saturated heterocycles. The molecule has 1 nitrogen and oxygen atoms in total. The lowest BCUT2D eigenvalue weighted by molar-refractivity contribution is 0.206. The molecule has 2 aromatic carbocycles. The van der Waals surface area contributed by atoms with Crippen molar-refractivity contribution in [1.29, 1.82) is 0 Å². The second kappa shape index (κ2) is 8.29. The fourth-order valence-electron chi connectivity index (χ4n) is 2.46. The average molecular weight is 292 g/mol. The van der Waals surface area contributed by atoms with Crippen molar-refractivity contribution in [2.45, 2.75) is 45.6 Å². The summed E-state index contributed by atoms with van der Waals surface area (Å²) >= 11 is 0. The predicted octanol–water partition coefficient (Wildman–Crippen LogP) is 5.68. The lowest BCUT2D eigenvalue weighted by Gasteiger charge is -2.14. The lowest BCUT2D eigenvalue weighted by atomic mass is 10.0. The van der Waals surface area contributed by atoms with Crippen LogP contribution in [0.5, 0.6) is 5.75 Å². The first-order chi connectivity index (χ1) is 10.7. The van der Waals surface area contributed by atoms with E-state index in [0.717, 1.165) is 17.7 Å². The summed E-state index contributed by atoms with van der Waals surface area (Å²) in [6.07, 6.45) is 10.5. The van der Waals surface area contributed by atoms with Crippen molar-refractivity contribution >= 4 is 0 Å². The standard InChI is InChI=1S/C21H24O/c1-4-6-7-8-17(3)22-21-15-13-20(14-16-21)19-11-9-18(5-2)10-12-19/h2,9-17H,4,6-8H2,1,3H3. The molecule has 0 N–H and O–H groups in total. The van der Waals surface area contributed by atoms with Crippen molar-refractivity contribution in [2.75, 3.05) is 0 Å². The number of ether oxygens (including phenoxy) is 1. The summed E-state index contributed by atoms with van der Waals surface area (Å²) in [4.78, 5) is 0. The van der Waals surface area contributed by atoms with Crippen molar-refractivity contribution in [3.63, 3.8) is 0 Å². The van der Waals surface area contributed by atoms with Gasteiger partial charge in [0.1, 0.15) is 5.75 Å². The first-order valence-corrected chi connectivity index (χ1v) is 8.06. The Bertz CT molecular complexity index is 602. The molecule has 0 aliphatic carbocycles. The van der Waals surface area contributed by atoms with Crippen LogP contribution in [-0.2, 0) is 0 Å². The van der Waals surface area contributed by atoms with Gasteiger partial charge in [0, 0.05) is 5.56 Å². The van der Waals surface area contributed by atoms with Crippen LogP contribution >= 0.6 is 0 Å². The number of benzene rings is 2. The van der Waals surface area contributed by atoms with E-state index < -0.39 is 0 Å². The minimum absolute atomic E-state index is 0.271. The molecular weight excluding hydrogens is 268 g/mol. The van der Waals surface area contributed by atoms with Crippen LogP contribution in [0, 0.1) is 12.3 Å². The third-order valence-electron chi connectivity index (χ3n) is 3.79. The fourth-order valence-corrected chi connectivity index (χ4v) is 2.46. The van der Waals surface area contributed by atoms with Crippen LogP contribution in [0.1, 0.15) is 45.1 Å². The molecular formula is C21H24O. The summed E-state index contributed by atoms with van der Waals surface area (Å²) in [5.74, 6) is 3.58. The molecule has 22 heavy (non-hydrogen) atoms. The summed E-state index contributed by atoms with van der Waals surface area (Å²) in [6, 6.07) is 16.3. The normalized spacial score (nSPS) is 11.7. The Balaban J connectivity index is 1.96. The molecule has 0 bridgehead atoms. The van der Waals surface area contributed by atoms with Gasteiger partial charge < -0.3 is 4.74 Å². The van der Waals surface area contributed by atoms with E-state index >= 15 is 0 Å². The van der Waals surface area contributed by atoms with Crippen molar-refractivity contribution in [3.8, 4) is 29.2 Å². The summed E-state index contributed by atoms with van der Waals surface area (Å²) < 4.78 is 5.96. The molecule has 0 heterocycles. The topological polar surface area (TPSA) is 9.23 Å². The van der Waals surface area contributed by atoms with Gasteiger partial charge in [-0.25, -0.2) is 0 Å². The van der Waals surface area contributed by atoms with Crippen LogP contribution in [0.2, 0.25) is 0 Å². The molecule has 2 rings (SSSR count). The zero-order valence-electron chi connectivity index (χ0n) is 13.5. The highest BCUT2D eigenvalue weighted by Crippen LogP contribution is 2.23. The molecule has 0 radical (unpaired) electrons. The van der Waals surface area contributed by atoms with E-state index in [1.165, 1.54) is 30.4 Å². The number of terminal acetylenes is 1. The predicted molar refractivity (Wildman–Crippen MR) is 94.0 cm³/mol. The molecule has 0 fully saturated rings. The Kier molecular flexibility index (Phi) is 6.10. The average Bonchev–Trinajstić information content (AvgIpc) is 2.56. The van der Waals surface area contributed by atoms with Gasteiger partial charge in [0.05, 0.1) is 6.10 Å². The van der Waals surface area contributed by atoms with Gasteiger partial charge in [-0.3, -0.25) is 0 Å². The van der Waals surface area contributed by atoms with Gasteiger partial charge in [-0.1, -0.05) is 50.0 Å². The van der Waals surface area contributed by atoms with Crippen molar-refractivity contribution < 1.29 is 4.74 Å². The van der Waals surface area contributed by atoms with Gasteiger partial charge >= 0.3 is 0 Å². The van der Waals surface area contributed by atoms with Crippen LogP contribution in [0.4, 0.5) is 0 Å². The maximum Gasteiger partial charge on any atom is 0.119 e. The van der Waals surface area contributed by atoms with E-state index in [2.05, 4.69) is 44.0 Å². The van der Waals surface area contributed by atoms with E-state index in [4.69, 9.17) is 11.2 Å². The number of hydrogen-bond acceptors (Lipinski definition) is 1. The smallest absolute Gasteiger partial charge is 0.119 e. The molecule has 2 aromatic rings. The SMILES string of the molecule is C#Cc1ccc(-c2ccc(OC(C)CCCCC)cc2)cc1. The Morgan fingerprint density at radius 1 is 0.955 bits per heavy atom. The summed E-state index contributed by atoms with van der Waals surface area (Å²) in [7, 11) is 0. The van der Waals surface area contributed by atoms with E-state index in [1.54, 1.807) is 0 Å². The molecule has 0 aliphatic heterocycles. The number of rotatable bonds is 7. The third-order valence-corrected chi connectivity index (χ3v) is 3.79. The highest BCUT2D eigenvalue weighted by molar-refractivity contribution is 5.65. The van der Waals surface area contributed by atoms with E-state index in [9.17, 15) is 0 Å². The van der Waals surface area contributed by atoms with E-state index in [-0.39, 0.29) is 6.10 Å². The van der Waals surface area contributed by atoms with Gasteiger partial charge in [0.2, 0.25) is 0 Å². The highest BCUT2D eigenvalue weighted by atomic mass is 16.5. The molecule has 1 heteroatoms. The highest BCUT2D eigenvalue weighted by Gasteiger charge is 2.04. The second-order valence-corrected chi connectivity index (χ2v) is 5.67. The Labute approximate surface area is 134 Å². The van der Waals surface area contributed by atoms with Gasteiger partial charge in [-0.2, -0.15) is 0 Å². The summed E-state index contributed by atoms with van der Waals surface area (Å²) in [5, 5.41) is 0. The minimum atomic E-state index is 0.271. The quantitative estimate of drug-likeness (QED) is 0.471. The van der Waals surface area contributed by atoms with Crippen LogP contribution in [-0.4, -0.2) is 6.10 Å². The van der Waals surface area contributed by atoms with Crippen molar-refractivity contribution in [1.82, 2.24) is 0 Å². The largest absolute Gasteiger partial charge is 0.491 e. The molecule has 0 amide bonds. The van der Waals surface area contributed by atoms with Gasteiger partial charge in [-0.05, 0) is 55.2 Å². The molecule has 0 saturated carbocycles. The zero-order valence-corrected chi connectivity index (χ0v) is 13.5. The minimum Gasteiger partial charge on any atom is -0.491 e. The molecule has 1 atom stereocenters. The van der Waals surface area contributed by atoms with E-state index in [0.29, 0.717) is 0 Å². The third kappa shape index (κ3) is 4.67. The maximum atomic E-state index is 5.96. The van der Waals surface area contributed by atoms with Crippen molar-refractivity contribution in [2.24, 2.45) is 0 Å². The van der Waals surface area contributed by atoms with Gasteiger partial charge in [-0.15, -0.1) is 6.42 Å². The zero-order chi connectivity index (χ0) is 15.8. The van der Waals surface area contributed by atoms with Gasteiger partial charge in [0.15, 0.2) is 0 Å². The van der Waals surface area contributed by atoms with Crippen LogP contribution < -0.4 is 4.74 Å². The van der Waals surface area contributed by atoms with Crippen LogP contribution in [0.3, 0.4) is 0 Å². The Morgan fingerprint density at radius 3 is 2.09 bits per heavy atom. The first-order valence-electron chi connectivity index (χ1n) is 8.06. The van der Waals surface area contributed by atoms with E-state index in [1.807, 2.05) is 24.3 Å². The summed E-state index contributed by atoms with van der Waals surface area (Å²) in [6.45, 7) is 4.36. The number of hydrogen-bond donors (Lipinski definition) is 0. The van der Waals surface area contributed by atoms with Crippen molar-refractivity contribution in [3.05, 3.63) is 54.1 Å². The molecule has 1 unspecified atom stereocenters. The Morgan fingerprint density at radius 2 is 1.55 bits per heavy atom. The molecule has 0 spiro atoms. The molecule has 114 valence electrons.